The predicted octanol–water partition coefficient (Wildman–Crippen LogP) is 2.62. The second-order valence-electron chi connectivity index (χ2n) is 4.10. The third kappa shape index (κ3) is 2.65. The maximum atomic E-state index is 13.3. The van der Waals surface area contributed by atoms with E-state index in [9.17, 15) is 9.50 Å². The van der Waals surface area contributed by atoms with Crippen LogP contribution in [0, 0.1) is 12.7 Å². The van der Waals surface area contributed by atoms with Gasteiger partial charge in [-0.05, 0) is 36.2 Å². The van der Waals surface area contributed by atoms with Crippen LogP contribution in [0.25, 0.3) is 0 Å². The van der Waals surface area contributed by atoms with Crippen LogP contribution in [0.3, 0.4) is 0 Å². The summed E-state index contributed by atoms with van der Waals surface area (Å²) in [5, 5.41) is 10.2. The molecular formula is C14H14FNO2. The molecule has 18 heavy (non-hydrogen) atoms. The van der Waals surface area contributed by atoms with E-state index in [1.165, 1.54) is 25.4 Å². The first-order valence-corrected chi connectivity index (χ1v) is 5.55. The Hall–Kier alpha value is -1.94. The van der Waals surface area contributed by atoms with Crippen LogP contribution < -0.4 is 4.74 Å². The van der Waals surface area contributed by atoms with Crippen molar-refractivity contribution < 1.29 is 14.2 Å². The molecule has 0 saturated heterocycles. The maximum absolute atomic E-state index is 13.3. The fourth-order valence-electron chi connectivity index (χ4n) is 1.79. The summed E-state index contributed by atoms with van der Waals surface area (Å²) in [6, 6.07) is 7.85. The number of halogens is 1. The van der Waals surface area contributed by atoms with Gasteiger partial charge in [0.25, 0.3) is 0 Å². The van der Waals surface area contributed by atoms with Gasteiger partial charge in [-0.1, -0.05) is 6.07 Å². The number of nitrogens with zero attached hydrogens (tertiary/aromatic N) is 1. The fourth-order valence-corrected chi connectivity index (χ4v) is 1.79. The summed E-state index contributed by atoms with van der Waals surface area (Å²) in [7, 11) is 1.52. The smallest absolute Gasteiger partial charge is 0.212 e. The zero-order chi connectivity index (χ0) is 13.1. The second kappa shape index (κ2) is 5.14. The number of aryl methyl sites for hydroxylation is 1. The molecule has 2 rings (SSSR count). The summed E-state index contributed by atoms with van der Waals surface area (Å²) in [5.41, 5.74) is 1.88. The van der Waals surface area contributed by atoms with Gasteiger partial charge in [0.1, 0.15) is 11.9 Å². The van der Waals surface area contributed by atoms with Crippen molar-refractivity contribution in [3.63, 3.8) is 0 Å². The molecule has 4 heteroatoms. The molecule has 0 aliphatic rings. The summed E-state index contributed by atoms with van der Waals surface area (Å²) in [5.74, 6) is 0.117. The summed E-state index contributed by atoms with van der Waals surface area (Å²) in [6.07, 6.45) is 0.627. The zero-order valence-electron chi connectivity index (χ0n) is 10.2. The van der Waals surface area contributed by atoms with Crippen molar-refractivity contribution in [2.75, 3.05) is 7.11 Å². The first kappa shape index (κ1) is 12.5. The number of benzene rings is 1. The number of aliphatic hydroxyl groups is 1. The Bertz CT molecular complexity index is 520. The lowest BCUT2D eigenvalue weighted by Crippen LogP contribution is -2.02. The first-order valence-electron chi connectivity index (χ1n) is 5.55. The molecule has 1 heterocycles. The molecule has 1 unspecified atom stereocenters. The van der Waals surface area contributed by atoms with Crippen LogP contribution in [0.4, 0.5) is 4.39 Å². The van der Waals surface area contributed by atoms with Gasteiger partial charge in [0.2, 0.25) is 5.88 Å². The highest BCUT2D eigenvalue weighted by atomic mass is 19.1. The maximum Gasteiger partial charge on any atom is 0.212 e. The molecule has 1 N–H and O–H groups in total. The van der Waals surface area contributed by atoms with E-state index in [1.807, 2.05) is 0 Å². The molecule has 0 fully saturated rings. The van der Waals surface area contributed by atoms with E-state index >= 15 is 0 Å². The monoisotopic (exact) mass is 247 g/mol. The van der Waals surface area contributed by atoms with Crippen LogP contribution in [0.1, 0.15) is 22.8 Å². The third-order valence-electron chi connectivity index (χ3n) is 2.66. The number of aliphatic hydroxyl groups excluding tert-OH is 1. The van der Waals surface area contributed by atoms with Gasteiger partial charge in [-0.2, -0.15) is 0 Å². The molecule has 0 aliphatic heterocycles. The van der Waals surface area contributed by atoms with Crippen molar-refractivity contribution in [2.45, 2.75) is 13.0 Å². The Morgan fingerprint density at radius 1 is 1.22 bits per heavy atom. The van der Waals surface area contributed by atoms with Crippen molar-refractivity contribution in [3.05, 3.63) is 59.0 Å². The molecule has 0 bridgehead atoms. The van der Waals surface area contributed by atoms with Crippen molar-refractivity contribution in [2.24, 2.45) is 0 Å². The molecule has 94 valence electrons. The molecule has 1 atom stereocenters. The number of hydrogen-bond acceptors (Lipinski definition) is 3. The average Bonchev–Trinajstić information content (AvgIpc) is 2.37. The van der Waals surface area contributed by atoms with Gasteiger partial charge >= 0.3 is 0 Å². The Morgan fingerprint density at radius 2 is 2.00 bits per heavy atom. The topological polar surface area (TPSA) is 42.4 Å². The molecule has 1 aromatic carbocycles. The Morgan fingerprint density at radius 3 is 2.56 bits per heavy atom. The lowest BCUT2D eigenvalue weighted by Gasteiger charge is -2.12. The number of methoxy groups -OCH3 is 1. The molecule has 1 aromatic heterocycles. The third-order valence-corrected chi connectivity index (χ3v) is 2.66. The minimum Gasteiger partial charge on any atom is -0.481 e. The molecular weight excluding hydrogens is 233 g/mol. The number of rotatable bonds is 3. The van der Waals surface area contributed by atoms with E-state index in [0.717, 1.165) is 5.56 Å². The van der Waals surface area contributed by atoms with E-state index in [1.54, 1.807) is 25.1 Å². The fraction of sp³-hybridized carbons (Fsp3) is 0.214. The number of pyridine rings is 1. The van der Waals surface area contributed by atoms with Gasteiger partial charge in [0.15, 0.2) is 0 Å². The van der Waals surface area contributed by atoms with Gasteiger partial charge in [-0.15, -0.1) is 0 Å². The van der Waals surface area contributed by atoms with Crippen molar-refractivity contribution >= 4 is 0 Å². The van der Waals surface area contributed by atoms with Gasteiger partial charge in [-0.3, -0.25) is 0 Å². The predicted molar refractivity (Wildman–Crippen MR) is 66.0 cm³/mol. The Kier molecular flexibility index (Phi) is 3.58. The molecule has 0 radical (unpaired) electrons. The molecule has 2 aromatic rings. The van der Waals surface area contributed by atoms with Crippen molar-refractivity contribution in [1.82, 2.24) is 4.98 Å². The lowest BCUT2D eigenvalue weighted by atomic mass is 10.0. The van der Waals surface area contributed by atoms with Gasteiger partial charge in [-0.25, -0.2) is 9.37 Å². The Labute approximate surface area is 105 Å². The number of ether oxygens (including phenoxy) is 1. The van der Waals surface area contributed by atoms with E-state index in [2.05, 4.69) is 4.98 Å². The van der Waals surface area contributed by atoms with E-state index in [4.69, 9.17) is 4.74 Å². The zero-order valence-corrected chi connectivity index (χ0v) is 10.2. The SMILES string of the molecule is COc1ccc(C(O)c2cc(C)cc(F)c2)cn1. The van der Waals surface area contributed by atoms with Crippen LogP contribution in [0.15, 0.2) is 36.5 Å². The normalized spacial score (nSPS) is 12.2. The quantitative estimate of drug-likeness (QED) is 0.906. The Balaban J connectivity index is 2.31. The van der Waals surface area contributed by atoms with Crippen LogP contribution >= 0.6 is 0 Å². The molecule has 0 saturated carbocycles. The largest absolute Gasteiger partial charge is 0.481 e. The van der Waals surface area contributed by atoms with Gasteiger partial charge in [0, 0.05) is 17.8 Å². The van der Waals surface area contributed by atoms with Crippen LogP contribution in [-0.2, 0) is 0 Å². The summed E-state index contributed by atoms with van der Waals surface area (Å²) < 4.78 is 18.2. The molecule has 0 aliphatic carbocycles. The highest BCUT2D eigenvalue weighted by Crippen LogP contribution is 2.24. The first-order chi connectivity index (χ1) is 8.60. The summed E-state index contributed by atoms with van der Waals surface area (Å²) >= 11 is 0. The number of aromatic nitrogens is 1. The van der Waals surface area contributed by atoms with Crippen molar-refractivity contribution in [3.8, 4) is 5.88 Å². The van der Waals surface area contributed by atoms with Crippen molar-refractivity contribution in [1.29, 1.82) is 0 Å². The second-order valence-corrected chi connectivity index (χ2v) is 4.10. The van der Waals surface area contributed by atoms with Gasteiger partial charge < -0.3 is 9.84 Å². The van der Waals surface area contributed by atoms with Crippen LogP contribution in [0.5, 0.6) is 5.88 Å². The van der Waals surface area contributed by atoms with Crippen LogP contribution in [-0.4, -0.2) is 17.2 Å². The molecule has 0 amide bonds. The highest BCUT2D eigenvalue weighted by molar-refractivity contribution is 5.32. The summed E-state index contributed by atoms with van der Waals surface area (Å²) in [4.78, 5) is 4.01. The lowest BCUT2D eigenvalue weighted by molar-refractivity contribution is 0.219. The van der Waals surface area contributed by atoms with Crippen LogP contribution in [0.2, 0.25) is 0 Å². The van der Waals surface area contributed by atoms with E-state index in [-0.39, 0.29) is 5.82 Å². The van der Waals surface area contributed by atoms with E-state index < -0.39 is 6.10 Å². The summed E-state index contributed by atoms with van der Waals surface area (Å²) in [6.45, 7) is 1.78. The minimum absolute atomic E-state index is 0.356. The number of hydrogen-bond donors (Lipinski definition) is 1. The average molecular weight is 247 g/mol. The standard InChI is InChI=1S/C14H14FNO2/c1-9-5-11(7-12(15)6-9)14(17)10-3-4-13(18-2)16-8-10/h3-8,14,17H,1-2H3. The van der Waals surface area contributed by atoms with E-state index in [0.29, 0.717) is 17.0 Å². The highest BCUT2D eigenvalue weighted by Gasteiger charge is 2.12. The molecule has 0 spiro atoms. The van der Waals surface area contributed by atoms with Gasteiger partial charge in [0.05, 0.1) is 7.11 Å². The molecule has 3 nitrogen and oxygen atoms in total. The minimum atomic E-state index is -0.891.